The van der Waals surface area contributed by atoms with Crippen molar-refractivity contribution in [2.45, 2.75) is 19.0 Å². The molecule has 0 spiro atoms. The van der Waals surface area contributed by atoms with Crippen LogP contribution in [0, 0.1) is 5.92 Å². The fraction of sp³-hybridized carbons (Fsp3) is 0.545. The van der Waals surface area contributed by atoms with Crippen molar-refractivity contribution in [3.63, 3.8) is 0 Å². The van der Waals surface area contributed by atoms with Gasteiger partial charge >= 0.3 is 6.18 Å². The molecule has 2 rings (SSSR count). The largest absolute Gasteiger partial charge is 0.397 e. The molecule has 1 unspecified atom stereocenters. The topological polar surface area (TPSA) is 46.3 Å². The zero-order valence-electron chi connectivity index (χ0n) is 9.54. The molecule has 1 fully saturated rings. The predicted molar refractivity (Wildman–Crippen MR) is 63.4 cm³/mol. The van der Waals surface area contributed by atoms with Gasteiger partial charge in [0.05, 0.1) is 11.6 Å². The van der Waals surface area contributed by atoms with E-state index in [1.54, 1.807) is 11.4 Å². The molecule has 1 amide bonds. The number of thiophene rings is 1. The van der Waals surface area contributed by atoms with Crippen molar-refractivity contribution < 1.29 is 18.0 Å². The first-order valence-electron chi connectivity index (χ1n) is 5.58. The number of nitrogen functional groups attached to an aromatic ring is 1. The third kappa shape index (κ3) is 2.60. The molecule has 18 heavy (non-hydrogen) atoms. The number of nitrogens with zero attached hydrogens (tertiary/aromatic N) is 1. The second-order valence-electron chi connectivity index (χ2n) is 4.34. The number of hydrogen-bond donors (Lipinski definition) is 1. The van der Waals surface area contributed by atoms with Crippen molar-refractivity contribution in [1.29, 1.82) is 0 Å². The van der Waals surface area contributed by atoms with E-state index in [0.717, 1.165) is 11.3 Å². The quantitative estimate of drug-likeness (QED) is 0.858. The van der Waals surface area contributed by atoms with E-state index in [2.05, 4.69) is 0 Å². The third-order valence-electron chi connectivity index (χ3n) is 3.06. The van der Waals surface area contributed by atoms with Gasteiger partial charge in [-0.1, -0.05) is 0 Å². The van der Waals surface area contributed by atoms with Gasteiger partial charge in [0.1, 0.15) is 4.88 Å². The van der Waals surface area contributed by atoms with Gasteiger partial charge in [0.25, 0.3) is 5.91 Å². The minimum Gasteiger partial charge on any atom is -0.397 e. The molecule has 1 saturated heterocycles. The Morgan fingerprint density at radius 3 is 2.78 bits per heavy atom. The van der Waals surface area contributed by atoms with Crippen LogP contribution in [0.5, 0.6) is 0 Å². The van der Waals surface area contributed by atoms with Crippen LogP contribution in [-0.2, 0) is 0 Å². The molecule has 1 aliphatic rings. The monoisotopic (exact) mass is 278 g/mol. The molecule has 0 aliphatic carbocycles. The molecule has 1 aliphatic heterocycles. The summed E-state index contributed by atoms with van der Waals surface area (Å²) < 4.78 is 37.9. The Bertz CT molecular complexity index is 444. The molecule has 0 saturated carbocycles. The number of rotatable bonds is 1. The second-order valence-corrected chi connectivity index (χ2v) is 5.25. The SMILES string of the molecule is Nc1ccsc1C(=O)N1CCCC(C(F)(F)F)C1. The van der Waals surface area contributed by atoms with Crippen LogP contribution in [-0.4, -0.2) is 30.1 Å². The van der Waals surface area contributed by atoms with E-state index in [9.17, 15) is 18.0 Å². The maximum Gasteiger partial charge on any atom is 0.393 e. The van der Waals surface area contributed by atoms with Gasteiger partial charge in [-0.05, 0) is 24.3 Å². The van der Waals surface area contributed by atoms with E-state index in [1.165, 1.54) is 4.90 Å². The van der Waals surface area contributed by atoms with Crippen molar-refractivity contribution in [3.05, 3.63) is 16.3 Å². The van der Waals surface area contributed by atoms with Crippen LogP contribution in [0.1, 0.15) is 22.5 Å². The smallest absolute Gasteiger partial charge is 0.393 e. The summed E-state index contributed by atoms with van der Waals surface area (Å²) in [6.45, 7) is 0.0996. The minimum atomic E-state index is -4.24. The second kappa shape index (κ2) is 4.79. The molecule has 7 heteroatoms. The first-order valence-corrected chi connectivity index (χ1v) is 6.46. The Hall–Kier alpha value is -1.24. The van der Waals surface area contributed by atoms with Crippen LogP contribution in [0.25, 0.3) is 0 Å². The molecular formula is C11H13F3N2OS. The summed E-state index contributed by atoms with van der Waals surface area (Å²) in [6, 6.07) is 1.59. The van der Waals surface area contributed by atoms with Gasteiger partial charge < -0.3 is 10.6 Å². The summed E-state index contributed by atoms with van der Waals surface area (Å²) in [5, 5.41) is 1.66. The minimum absolute atomic E-state index is 0.0905. The Morgan fingerprint density at radius 2 is 2.22 bits per heavy atom. The average Bonchev–Trinajstić information content (AvgIpc) is 2.73. The fourth-order valence-corrected chi connectivity index (χ4v) is 2.85. The van der Waals surface area contributed by atoms with E-state index in [0.29, 0.717) is 23.5 Å². The van der Waals surface area contributed by atoms with Crippen molar-refractivity contribution in [2.24, 2.45) is 5.92 Å². The highest BCUT2D eigenvalue weighted by Crippen LogP contribution is 2.34. The van der Waals surface area contributed by atoms with Crippen LogP contribution in [0.2, 0.25) is 0 Å². The molecule has 2 heterocycles. The Morgan fingerprint density at radius 1 is 1.50 bits per heavy atom. The molecule has 1 aromatic heterocycles. The molecular weight excluding hydrogens is 265 g/mol. The number of anilines is 1. The lowest BCUT2D eigenvalue weighted by Gasteiger charge is -2.33. The van der Waals surface area contributed by atoms with Crippen LogP contribution in [0.4, 0.5) is 18.9 Å². The molecule has 2 N–H and O–H groups in total. The van der Waals surface area contributed by atoms with Crippen LogP contribution >= 0.6 is 11.3 Å². The van der Waals surface area contributed by atoms with Gasteiger partial charge in [-0.2, -0.15) is 13.2 Å². The lowest BCUT2D eigenvalue weighted by molar-refractivity contribution is -0.184. The van der Waals surface area contributed by atoms with E-state index < -0.39 is 18.0 Å². The highest BCUT2D eigenvalue weighted by atomic mass is 32.1. The van der Waals surface area contributed by atoms with Crippen molar-refractivity contribution in [3.8, 4) is 0 Å². The Labute approximate surface area is 106 Å². The number of carbonyl (C=O) groups is 1. The molecule has 0 radical (unpaired) electrons. The molecule has 100 valence electrons. The van der Waals surface area contributed by atoms with E-state index in [1.807, 2.05) is 0 Å². The lowest BCUT2D eigenvalue weighted by atomic mass is 9.97. The number of amides is 1. The third-order valence-corrected chi connectivity index (χ3v) is 3.98. The number of halogens is 3. The summed E-state index contributed by atoms with van der Waals surface area (Å²) in [5.41, 5.74) is 5.94. The van der Waals surface area contributed by atoms with E-state index in [4.69, 9.17) is 5.73 Å². The number of likely N-dealkylation sites (tertiary alicyclic amines) is 1. The maximum atomic E-state index is 12.6. The molecule has 0 aromatic carbocycles. The van der Waals surface area contributed by atoms with Gasteiger partial charge in [0.2, 0.25) is 0 Å². The fourth-order valence-electron chi connectivity index (χ4n) is 2.07. The van der Waals surface area contributed by atoms with E-state index in [-0.39, 0.29) is 13.0 Å². The summed E-state index contributed by atoms with van der Waals surface area (Å²) in [7, 11) is 0. The maximum absolute atomic E-state index is 12.6. The highest BCUT2D eigenvalue weighted by Gasteiger charge is 2.42. The summed E-state index contributed by atoms with van der Waals surface area (Å²) in [5.74, 6) is -1.81. The highest BCUT2D eigenvalue weighted by molar-refractivity contribution is 7.12. The predicted octanol–water partition coefficient (Wildman–Crippen LogP) is 2.74. The van der Waals surface area contributed by atoms with Crippen molar-refractivity contribution >= 4 is 22.9 Å². The first-order chi connectivity index (χ1) is 8.39. The van der Waals surface area contributed by atoms with Crippen molar-refractivity contribution in [1.82, 2.24) is 4.90 Å². The van der Waals surface area contributed by atoms with Gasteiger partial charge in [0.15, 0.2) is 0 Å². The van der Waals surface area contributed by atoms with Crippen LogP contribution in [0.3, 0.4) is 0 Å². The molecule has 3 nitrogen and oxygen atoms in total. The normalized spacial score (nSPS) is 21.1. The summed E-state index contributed by atoms with van der Waals surface area (Å²) in [6.07, 6.45) is -3.77. The number of nitrogens with two attached hydrogens (primary N) is 1. The molecule has 0 bridgehead atoms. The molecule has 1 atom stereocenters. The van der Waals surface area contributed by atoms with Gasteiger partial charge in [-0.25, -0.2) is 0 Å². The Kier molecular flexibility index (Phi) is 3.52. The number of alkyl halides is 3. The summed E-state index contributed by atoms with van der Waals surface area (Å²) >= 11 is 1.16. The van der Waals surface area contributed by atoms with E-state index >= 15 is 0 Å². The Balaban J connectivity index is 2.10. The zero-order chi connectivity index (χ0) is 13.3. The zero-order valence-corrected chi connectivity index (χ0v) is 10.4. The van der Waals surface area contributed by atoms with Gasteiger partial charge in [-0.3, -0.25) is 4.79 Å². The average molecular weight is 278 g/mol. The van der Waals surface area contributed by atoms with Crippen LogP contribution in [0.15, 0.2) is 11.4 Å². The van der Waals surface area contributed by atoms with Gasteiger partial charge in [-0.15, -0.1) is 11.3 Å². The number of carbonyl (C=O) groups excluding carboxylic acids is 1. The number of hydrogen-bond acceptors (Lipinski definition) is 3. The van der Waals surface area contributed by atoms with Gasteiger partial charge in [0, 0.05) is 13.1 Å². The van der Waals surface area contributed by atoms with Crippen LogP contribution < -0.4 is 5.73 Å². The number of piperidine rings is 1. The standard InChI is InChI=1S/C11H13F3N2OS/c12-11(13,14)7-2-1-4-16(6-7)10(17)9-8(15)3-5-18-9/h3,5,7H,1-2,4,6,15H2. The molecule has 1 aromatic rings. The van der Waals surface area contributed by atoms with Crippen molar-refractivity contribution in [2.75, 3.05) is 18.8 Å². The summed E-state index contributed by atoms with van der Waals surface area (Å²) in [4.78, 5) is 13.6. The first kappa shape index (κ1) is 13.2. The lowest BCUT2D eigenvalue weighted by Crippen LogP contribution is -2.44.